The van der Waals surface area contributed by atoms with Crippen molar-refractivity contribution in [1.29, 1.82) is 0 Å². The molecule has 2 aromatic carbocycles. The highest BCUT2D eigenvalue weighted by molar-refractivity contribution is 5.92. The van der Waals surface area contributed by atoms with Crippen molar-refractivity contribution in [2.24, 2.45) is 0 Å². The molecule has 2 aromatic rings. The Labute approximate surface area is 146 Å². The number of aliphatic hydroxyl groups excluding tert-OH is 1. The van der Waals surface area contributed by atoms with Gasteiger partial charge < -0.3 is 14.6 Å². The van der Waals surface area contributed by atoms with Gasteiger partial charge in [0.1, 0.15) is 18.0 Å². The first-order valence-electron chi connectivity index (χ1n) is 8.22. The number of hydrogen-bond donors (Lipinski definition) is 1. The molecule has 1 N–H and O–H groups in total. The SMILES string of the molecule is COc1ccc2c(c1)CCC(=O)[C@H](O)C[C@H](c1ccccc1)OC2=O. The zero-order chi connectivity index (χ0) is 17.8. The molecule has 1 heterocycles. The molecule has 0 radical (unpaired) electrons. The summed E-state index contributed by atoms with van der Waals surface area (Å²) in [7, 11) is 1.54. The summed E-state index contributed by atoms with van der Waals surface area (Å²) in [5, 5.41) is 10.2. The zero-order valence-corrected chi connectivity index (χ0v) is 14.0. The van der Waals surface area contributed by atoms with E-state index in [0.29, 0.717) is 23.3 Å². The van der Waals surface area contributed by atoms with E-state index < -0.39 is 18.2 Å². The number of esters is 1. The van der Waals surface area contributed by atoms with Gasteiger partial charge >= 0.3 is 5.97 Å². The van der Waals surface area contributed by atoms with E-state index in [1.807, 2.05) is 30.3 Å². The lowest BCUT2D eigenvalue weighted by Crippen LogP contribution is -2.27. The molecule has 0 amide bonds. The average molecular weight is 340 g/mol. The second kappa shape index (κ2) is 7.49. The maximum Gasteiger partial charge on any atom is 0.339 e. The van der Waals surface area contributed by atoms with Crippen molar-refractivity contribution in [3.8, 4) is 5.75 Å². The standard InChI is InChI=1S/C20H20O5/c1-24-15-8-9-16-14(11-15)7-10-17(21)18(22)12-19(25-20(16)23)13-5-3-2-4-6-13/h2-6,8-9,11,18-19,22H,7,10,12H2,1H3/t18-,19-/m1/s1. The molecule has 0 saturated carbocycles. The minimum Gasteiger partial charge on any atom is -0.497 e. The quantitative estimate of drug-likeness (QED) is 0.851. The van der Waals surface area contributed by atoms with Crippen molar-refractivity contribution in [3.63, 3.8) is 0 Å². The number of rotatable bonds is 2. The molecule has 1 aliphatic rings. The molecule has 0 bridgehead atoms. The van der Waals surface area contributed by atoms with E-state index in [1.54, 1.807) is 25.3 Å². The minimum atomic E-state index is -1.16. The van der Waals surface area contributed by atoms with Gasteiger partial charge in [0.25, 0.3) is 0 Å². The fraction of sp³-hybridized carbons (Fsp3) is 0.300. The van der Waals surface area contributed by atoms with Crippen LogP contribution in [0.4, 0.5) is 0 Å². The largest absolute Gasteiger partial charge is 0.497 e. The molecule has 1 aliphatic heterocycles. The van der Waals surface area contributed by atoms with E-state index in [-0.39, 0.29) is 18.6 Å². The monoisotopic (exact) mass is 340 g/mol. The van der Waals surface area contributed by atoms with Crippen LogP contribution in [0.25, 0.3) is 0 Å². The Hall–Kier alpha value is -2.66. The van der Waals surface area contributed by atoms with Gasteiger partial charge in [-0.1, -0.05) is 30.3 Å². The number of methoxy groups -OCH3 is 1. The smallest absolute Gasteiger partial charge is 0.339 e. The van der Waals surface area contributed by atoms with Gasteiger partial charge in [-0.05, 0) is 35.7 Å². The fourth-order valence-electron chi connectivity index (χ4n) is 2.97. The molecule has 130 valence electrons. The Kier molecular flexibility index (Phi) is 5.14. The fourth-order valence-corrected chi connectivity index (χ4v) is 2.97. The van der Waals surface area contributed by atoms with Crippen LogP contribution in [0.5, 0.6) is 5.75 Å². The molecule has 5 heteroatoms. The number of Topliss-reactive ketones (excluding diaryl/α,β-unsaturated/α-hetero) is 1. The van der Waals surface area contributed by atoms with Crippen LogP contribution in [-0.4, -0.2) is 30.1 Å². The van der Waals surface area contributed by atoms with Crippen LogP contribution < -0.4 is 4.74 Å². The maximum atomic E-state index is 12.7. The third-order valence-corrected chi connectivity index (χ3v) is 4.40. The first kappa shape index (κ1) is 17.2. The van der Waals surface area contributed by atoms with Gasteiger partial charge in [-0.2, -0.15) is 0 Å². The van der Waals surface area contributed by atoms with Crippen LogP contribution in [0.1, 0.15) is 40.4 Å². The highest BCUT2D eigenvalue weighted by Crippen LogP contribution is 2.28. The molecule has 2 atom stereocenters. The van der Waals surface area contributed by atoms with Gasteiger partial charge in [-0.15, -0.1) is 0 Å². The summed E-state index contributed by atoms with van der Waals surface area (Å²) in [5.41, 5.74) is 1.85. The average Bonchev–Trinajstić information content (AvgIpc) is 2.65. The molecule has 0 saturated heterocycles. The maximum absolute atomic E-state index is 12.7. The first-order chi connectivity index (χ1) is 12.1. The minimum absolute atomic E-state index is 0.0556. The molecular weight excluding hydrogens is 320 g/mol. The molecule has 25 heavy (non-hydrogen) atoms. The van der Waals surface area contributed by atoms with E-state index in [1.165, 1.54) is 0 Å². The number of hydrogen-bond acceptors (Lipinski definition) is 5. The van der Waals surface area contributed by atoms with Crippen LogP contribution in [0.15, 0.2) is 48.5 Å². The number of fused-ring (bicyclic) bond motifs is 1. The summed E-state index contributed by atoms with van der Waals surface area (Å²) in [4.78, 5) is 24.9. The molecule has 0 fully saturated rings. The van der Waals surface area contributed by atoms with E-state index in [9.17, 15) is 14.7 Å². The molecule has 0 unspecified atom stereocenters. The Balaban J connectivity index is 1.98. The molecule has 0 aromatic heterocycles. The number of ether oxygens (including phenoxy) is 2. The Morgan fingerprint density at radius 2 is 1.84 bits per heavy atom. The Morgan fingerprint density at radius 3 is 2.56 bits per heavy atom. The number of ketones is 1. The van der Waals surface area contributed by atoms with Gasteiger partial charge in [0.05, 0.1) is 12.7 Å². The summed E-state index contributed by atoms with van der Waals surface area (Å²) in [6.45, 7) is 0. The molecule has 0 spiro atoms. The third kappa shape index (κ3) is 3.88. The topological polar surface area (TPSA) is 72.8 Å². The Morgan fingerprint density at radius 1 is 1.08 bits per heavy atom. The summed E-state index contributed by atoms with van der Waals surface area (Å²) < 4.78 is 10.8. The lowest BCUT2D eigenvalue weighted by Gasteiger charge is -2.23. The highest BCUT2D eigenvalue weighted by Gasteiger charge is 2.28. The molecule has 0 aliphatic carbocycles. The van der Waals surface area contributed by atoms with E-state index >= 15 is 0 Å². The van der Waals surface area contributed by atoms with E-state index in [0.717, 1.165) is 5.56 Å². The van der Waals surface area contributed by atoms with E-state index in [4.69, 9.17) is 9.47 Å². The second-order valence-corrected chi connectivity index (χ2v) is 6.05. The number of carbonyl (C=O) groups is 2. The van der Waals surface area contributed by atoms with Crippen molar-refractivity contribution in [2.45, 2.75) is 31.5 Å². The van der Waals surface area contributed by atoms with Gasteiger partial charge in [-0.25, -0.2) is 4.79 Å². The first-order valence-corrected chi connectivity index (χ1v) is 8.22. The third-order valence-electron chi connectivity index (χ3n) is 4.40. The van der Waals surface area contributed by atoms with Crippen LogP contribution >= 0.6 is 0 Å². The lowest BCUT2D eigenvalue weighted by atomic mass is 9.95. The van der Waals surface area contributed by atoms with E-state index in [2.05, 4.69) is 0 Å². The van der Waals surface area contributed by atoms with Crippen LogP contribution in [0.3, 0.4) is 0 Å². The van der Waals surface area contributed by atoms with Gasteiger partial charge in [-0.3, -0.25) is 4.79 Å². The second-order valence-electron chi connectivity index (χ2n) is 6.05. The van der Waals surface area contributed by atoms with Crippen LogP contribution in [0, 0.1) is 0 Å². The number of aliphatic hydroxyl groups is 1. The van der Waals surface area contributed by atoms with Gasteiger partial charge in [0, 0.05) is 12.8 Å². The highest BCUT2D eigenvalue weighted by atomic mass is 16.5. The van der Waals surface area contributed by atoms with Crippen molar-refractivity contribution >= 4 is 11.8 Å². The van der Waals surface area contributed by atoms with Crippen LogP contribution in [-0.2, 0) is 16.0 Å². The summed E-state index contributed by atoms with van der Waals surface area (Å²) in [6, 6.07) is 14.2. The molecule has 3 rings (SSSR count). The Bertz CT molecular complexity index is 769. The predicted octanol–water partition coefficient (Wildman–Crippen LogP) is 2.86. The van der Waals surface area contributed by atoms with Crippen molar-refractivity contribution in [2.75, 3.05) is 7.11 Å². The zero-order valence-electron chi connectivity index (χ0n) is 14.0. The number of aryl methyl sites for hydroxylation is 1. The normalized spacial score (nSPS) is 21.2. The number of cyclic esters (lactones) is 1. The van der Waals surface area contributed by atoms with Gasteiger partial charge in [0.15, 0.2) is 5.78 Å². The summed E-state index contributed by atoms with van der Waals surface area (Å²) in [6.07, 6.45) is -1.27. The number of carbonyl (C=O) groups excluding carboxylic acids is 2. The van der Waals surface area contributed by atoms with Crippen molar-refractivity contribution in [1.82, 2.24) is 0 Å². The predicted molar refractivity (Wildman–Crippen MR) is 91.5 cm³/mol. The summed E-state index contributed by atoms with van der Waals surface area (Å²) in [5.74, 6) is -0.114. The van der Waals surface area contributed by atoms with Crippen LogP contribution in [0.2, 0.25) is 0 Å². The molecule has 5 nitrogen and oxygen atoms in total. The number of benzene rings is 2. The lowest BCUT2D eigenvalue weighted by molar-refractivity contribution is -0.128. The summed E-state index contributed by atoms with van der Waals surface area (Å²) >= 11 is 0. The van der Waals surface area contributed by atoms with Gasteiger partial charge in [0.2, 0.25) is 0 Å². The van der Waals surface area contributed by atoms with Crippen molar-refractivity contribution < 1.29 is 24.2 Å². The molecular formula is C20H20O5. The van der Waals surface area contributed by atoms with Crippen molar-refractivity contribution in [3.05, 3.63) is 65.2 Å².